The zero-order valence-electron chi connectivity index (χ0n) is 9.19. The highest BCUT2D eigenvalue weighted by molar-refractivity contribution is 6.35. The number of allylic oxidation sites excluding steroid dienone is 1. The smallest absolute Gasteiger partial charge is 0.337 e. The van der Waals surface area contributed by atoms with Gasteiger partial charge in [-0.3, -0.25) is 0 Å². The largest absolute Gasteiger partial charge is 0.478 e. The Bertz CT molecular complexity index is 460. The van der Waals surface area contributed by atoms with Gasteiger partial charge in [-0.15, -0.1) is 0 Å². The molecular weight excluding hydrogens is 240 g/mol. The molecule has 0 aliphatic heterocycles. The molecular formula is C12H13ClN2O2. The third-order valence-electron chi connectivity index (χ3n) is 2.73. The number of carboxylic acids is 1. The van der Waals surface area contributed by atoms with Crippen molar-refractivity contribution < 1.29 is 9.90 Å². The molecule has 0 fully saturated rings. The van der Waals surface area contributed by atoms with E-state index in [-0.39, 0.29) is 16.6 Å². The van der Waals surface area contributed by atoms with Gasteiger partial charge in [0.25, 0.3) is 0 Å². The fourth-order valence-electron chi connectivity index (χ4n) is 1.83. The Morgan fingerprint density at radius 2 is 2.35 bits per heavy atom. The van der Waals surface area contributed by atoms with Crippen molar-refractivity contribution in [3.05, 3.63) is 35.0 Å². The molecule has 0 amide bonds. The Morgan fingerprint density at radius 1 is 1.53 bits per heavy atom. The average molecular weight is 253 g/mol. The predicted octanol–water partition coefficient (Wildman–Crippen LogP) is 2.95. The van der Waals surface area contributed by atoms with Gasteiger partial charge in [0, 0.05) is 12.2 Å². The topological polar surface area (TPSA) is 62.2 Å². The molecule has 1 aromatic heterocycles. The fraction of sp³-hybridized carbons (Fsp3) is 0.333. The van der Waals surface area contributed by atoms with Crippen molar-refractivity contribution in [3.63, 3.8) is 0 Å². The van der Waals surface area contributed by atoms with Gasteiger partial charge in [-0.1, -0.05) is 23.8 Å². The minimum absolute atomic E-state index is 0.0792. The summed E-state index contributed by atoms with van der Waals surface area (Å²) in [7, 11) is 0. The number of anilines is 1. The molecule has 17 heavy (non-hydrogen) atoms. The summed E-state index contributed by atoms with van der Waals surface area (Å²) in [5.74, 6) is -0.587. The monoisotopic (exact) mass is 252 g/mol. The highest BCUT2D eigenvalue weighted by atomic mass is 35.5. The summed E-state index contributed by atoms with van der Waals surface area (Å²) in [6, 6.07) is 1.67. The van der Waals surface area contributed by atoms with Crippen molar-refractivity contribution in [1.82, 2.24) is 4.98 Å². The van der Waals surface area contributed by atoms with Crippen LogP contribution in [0.5, 0.6) is 0 Å². The first-order valence-electron chi connectivity index (χ1n) is 5.48. The first kappa shape index (κ1) is 11.9. The van der Waals surface area contributed by atoms with E-state index in [1.165, 1.54) is 12.3 Å². The second-order valence-corrected chi connectivity index (χ2v) is 4.33. The lowest BCUT2D eigenvalue weighted by Crippen LogP contribution is -2.21. The first-order valence-corrected chi connectivity index (χ1v) is 5.85. The molecule has 90 valence electrons. The Labute approximate surface area is 104 Å². The van der Waals surface area contributed by atoms with E-state index < -0.39 is 5.97 Å². The van der Waals surface area contributed by atoms with E-state index in [1.54, 1.807) is 0 Å². The Balaban J connectivity index is 2.18. The molecule has 1 aromatic rings. The van der Waals surface area contributed by atoms with Crippen LogP contribution >= 0.6 is 11.6 Å². The number of aromatic carboxylic acids is 1. The van der Waals surface area contributed by atoms with Gasteiger partial charge in [0.2, 0.25) is 0 Å². The molecule has 1 atom stereocenters. The second-order valence-electron chi connectivity index (χ2n) is 3.95. The van der Waals surface area contributed by atoms with E-state index in [9.17, 15) is 4.79 Å². The standard InChI is InChI=1S/C12H13ClN2O2/c13-10-9(12(16)17)6-7-14-11(10)15-8-4-2-1-3-5-8/h1-2,6-8H,3-5H2,(H,14,15)(H,16,17). The van der Waals surface area contributed by atoms with Crippen molar-refractivity contribution >= 4 is 23.4 Å². The van der Waals surface area contributed by atoms with Gasteiger partial charge in [-0.05, 0) is 25.3 Å². The Hall–Kier alpha value is -1.55. The maximum Gasteiger partial charge on any atom is 0.337 e. The number of pyridine rings is 1. The van der Waals surface area contributed by atoms with Crippen LogP contribution in [-0.4, -0.2) is 22.1 Å². The molecule has 0 aromatic carbocycles. The van der Waals surface area contributed by atoms with Gasteiger partial charge in [0.1, 0.15) is 5.82 Å². The molecule has 2 N–H and O–H groups in total. The molecule has 0 spiro atoms. The number of aromatic nitrogens is 1. The number of nitrogens with zero attached hydrogens (tertiary/aromatic N) is 1. The van der Waals surface area contributed by atoms with E-state index in [2.05, 4.69) is 22.5 Å². The summed E-state index contributed by atoms with van der Waals surface area (Å²) in [5.41, 5.74) is 0.0792. The number of halogens is 1. The Morgan fingerprint density at radius 3 is 3.00 bits per heavy atom. The molecule has 1 heterocycles. The molecule has 1 aliphatic carbocycles. The van der Waals surface area contributed by atoms with Gasteiger partial charge in [-0.25, -0.2) is 9.78 Å². The molecule has 0 radical (unpaired) electrons. The normalized spacial score (nSPS) is 19.0. The summed E-state index contributed by atoms with van der Waals surface area (Å²) < 4.78 is 0. The fourth-order valence-corrected chi connectivity index (χ4v) is 2.07. The lowest BCUT2D eigenvalue weighted by Gasteiger charge is -2.20. The van der Waals surface area contributed by atoms with Crippen LogP contribution < -0.4 is 5.32 Å². The van der Waals surface area contributed by atoms with Crippen molar-refractivity contribution in [2.45, 2.75) is 25.3 Å². The van der Waals surface area contributed by atoms with Crippen LogP contribution in [0.1, 0.15) is 29.6 Å². The van der Waals surface area contributed by atoms with E-state index in [4.69, 9.17) is 16.7 Å². The van der Waals surface area contributed by atoms with Crippen molar-refractivity contribution in [3.8, 4) is 0 Å². The third kappa shape index (κ3) is 2.77. The maximum atomic E-state index is 10.9. The van der Waals surface area contributed by atoms with Crippen LogP contribution in [0.25, 0.3) is 0 Å². The number of hydrogen-bond acceptors (Lipinski definition) is 3. The summed E-state index contributed by atoms with van der Waals surface area (Å²) in [6.45, 7) is 0. The Kier molecular flexibility index (Phi) is 3.64. The number of carbonyl (C=O) groups is 1. The van der Waals surface area contributed by atoms with Gasteiger partial charge < -0.3 is 10.4 Å². The minimum atomic E-state index is -1.04. The van der Waals surface area contributed by atoms with Crippen LogP contribution in [0.15, 0.2) is 24.4 Å². The minimum Gasteiger partial charge on any atom is -0.478 e. The molecule has 2 rings (SSSR count). The zero-order valence-corrected chi connectivity index (χ0v) is 9.94. The molecule has 5 heteroatoms. The highest BCUT2D eigenvalue weighted by Crippen LogP contribution is 2.26. The van der Waals surface area contributed by atoms with Crippen LogP contribution in [0.3, 0.4) is 0 Å². The van der Waals surface area contributed by atoms with Crippen LogP contribution in [0, 0.1) is 0 Å². The first-order chi connectivity index (χ1) is 8.18. The number of nitrogens with one attached hydrogen (secondary N) is 1. The number of hydrogen-bond donors (Lipinski definition) is 2. The van der Waals surface area contributed by atoms with Gasteiger partial charge in [0.05, 0.1) is 10.6 Å². The molecule has 1 aliphatic rings. The average Bonchev–Trinajstić information content (AvgIpc) is 2.33. The van der Waals surface area contributed by atoms with Crippen molar-refractivity contribution in [2.24, 2.45) is 0 Å². The summed E-state index contributed by atoms with van der Waals surface area (Å²) in [5, 5.41) is 12.3. The van der Waals surface area contributed by atoms with Crippen LogP contribution in [0.4, 0.5) is 5.82 Å². The van der Waals surface area contributed by atoms with Gasteiger partial charge in [-0.2, -0.15) is 0 Å². The van der Waals surface area contributed by atoms with E-state index in [0.717, 1.165) is 19.3 Å². The predicted molar refractivity (Wildman–Crippen MR) is 66.6 cm³/mol. The van der Waals surface area contributed by atoms with Gasteiger partial charge >= 0.3 is 5.97 Å². The summed E-state index contributed by atoms with van der Waals surface area (Å²) in [4.78, 5) is 15.0. The second kappa shape index (κ2) is 5.19. The lowest BCUT2D eigenvalue weighted by molar-refractivity contribution is 0.0697. The van der Waals surface area contributed by atoms with E-state index >= 15 is 0 Å². The van der Waals surface area contributed by atoms with Gasteiger partial charge in [0.15, 0.2) is 0 Å². The van der Waals surface area contributed by atoms with Crippen molar-refractivity contribution in [1.29, 1.82) is 0 Å². The van der Waals surface area contributed by atoms with Crippen molar-refractivity contribution in [2.75, 3.05) is 5.32 Å². The molecule has 0 bridgehead atoms. The lowest BCUT2D eigenvalue weighted by atomic mass is 10.0. The molecule has 1 unspecified atom stereocenters. The molecule has 0 saturated carbocycles. The third-order valence-corrected chi connectivity index (χ3v) is 3.11. The van der Waals surface area contributed by atoms with Crippen LogP contribution in [-0.2, 0) is 0 Å². The SMILES string of the molecule is O=C(O)c1ccnc(NC2CC=CCC2)c1Cl. The number of carboxylic acid groups (broad SMARTS) is 1. The summed E-state index contributed by atoms with van der Waals surface area (Å²) in [6.07, 6.45) is 8.64. The zero-order chi connectivity index (χ0) is 12.3. The summed E-state index contributed by atoms with van der Waals surface area (Å²) >= 11 is 6.00. The number of rotatable bonds is 3. The van der Waals surface area contributed by atoms with E-state index in [0.29, 0.717) is 5.82 Å². The maximum absolute atomic E-state index is 10.9. The quantitative estimate of drug-likeness (QED) is 0.812. The van der Waals surface area contributed by atoms with Crippen LogP contribution in [0.2, 0.25) is 5.02 Å². The molecule has 4 nitrogen and oxygen atoms in total. The highest BCUT2D eigenvalue weighted by Gasteiger charge is 2.16. The molecule has 0 saturated heterocycles. The van der Waals surface area contributed by atoms with E-state index in [1.807, 2.05) is 0 Å².